The van der Waals surface area contributed by atoms with Crippen molar-refractivity contribution in [1.29, 1.82) is 0 Å². The lowest BCUT2D eigenvalue weighted by atomic mass is 10.2. The number of unbranched alkanes of at least 4 members (excludes halogenated alkanes) is 3. The molecule has 7 heteroatoms. The van der Waals surface area contributed by atoms with Gasteiger partial charge in [0.2, 0.25) is 0 Å². The van der Waals surface area contributed by atoms with Gasteiger partial charge in [0.05, 0.1) is 23.4 Å². The molecule has 0 aliphatic carbocycles. The fraction of sp³-hybridized carbons (Fsp3) is 0.417. The van der Waals surface area contributed by atoms with Crippen molar-refractivity contribution < 1.29 is 14.3 Å². The molecule has 0 atom stereocenters. The summed E-state index contributed by atoms with van der Waals surface area (Å²) in [4.78, 5) is 12.6. The third kappa shape index (κ3) is 8.87. The first-order valence-corrected chi connectivity index (χ1v) is 11.9. The summed E-state index contributed by atoms with van der Waals surface area (Å²) in [5.41, 5.74) is 1.19. The molecule has 0 aliphatic heterocycles. The van der Waals surface area contributed by atoms with Crippen molar-refractivity contribution in [2.45, 2.75) is 46.5 Å². The van der Waals surface area contributed by atoms with Gasteiger partial charge in [0, 0.05) is 5.56 Å². The minimum absolute atomic E-state index is 0.206. The average molecular weight is 507 g/mol. The number of benzene rings is 2. The molecule has 0 saturated heterocycles. The summed E-state index contributed by atoms with van der Waals surface area (Å²) in [5.74, 6) is 1.52. The van der Waals surface area contributed by atoms with E-state index in [9.17, 15) is 4.79 Å². The van der Waals surface area contributed by atoms with E-state index in [-0.39, 0.29) is 11.0 Å². The second kappa shape index (κ2) is 13.3. The van der Waals surface area contributed by atoms with Crippen molar-refractivity contribution >= 4 is 44.9 Å². The maximum absolute atomic E-state index is 12.6. The summed E-state index contributed by atoms with van der Waals surface area (Å²) in [6.07, 6.45) is 4.59. The van der Waals surface area contributed by atoms with Crippen LogP contribution in [0.15, 0.2) is 46.9 Å². The van der Waals surface area contributed by atoms with Crippen LogP contribution in [0.25, 0.3) is 0 Å². The van der Waals surface area contributed by atoms with Gasteiger partial charge in [0.1, 0.15) is 11.5 Å². The highest BCUT2D eigenvalue weighted by Gasteiger charge is 2.12. The molecular weight excluding hydrogens is 476 g/mol. The van der Waals surface area contributed by atoms with Gasteiger partial charge >= 0.3 is 0 Å². The molecule has 0 radical (unpaired) electrons. The molecule has 0 fully saturated rings. The Bertz CT molecular complexity index is 874. The Balaban J connectivity index is 1.91. The standard InChI is InChI=1S/C24H31BrN2O3S/c1-4-5-6-9-14-29-21-13-12-18(15-19(21)25)23(28)27-24(31)26-20-10-7-8-11-22(20)30-16-17(2)3/h7-8,10-13,15,17H,4-6,9,14,16H2,1-3H3,(H2,26,27,28,31). The number of rotatable bonds is 11. The van der Waals surface area contributed by atoms with Crippen LogP contribution in [0.4, 0.5) is 5.69 Å². The van der Waals surface area contributed by atoms with E-state index in [0.717, 1.165) is 23.1 Å². The van der Waals surface area contributed by atoms with Gasteiger partial charge in [-0.2, -0.15) is 0 Å². The summed E-state index contributed by atoms with van der Waals surface area (Å²) in [6, 6.07) is 12.8. The highest BCUT2D eigenvalue weighted by molar-refractivity contribution is 9.10. The highest BCUT2D eigenvalue weighted by atomic mass is 79.9. The molecule has 168 valence electrons. The lowest BCUT2D eigenvalue weighted by molar-refractivity contribution is 0.0977. The van der Waals surface area contributed by atoms with Crippen LogP contribution in [-0.4, -0.2) is 24.2 Å². The summed E-state index contributed by atoms with van der Waals surface area (Å²) < 4.78 is 12.4. The monoisotopic (exact) mass is 506 g/mol. The molecule has 31 heavy (non-hydrogen) atoms. The third-order valence-electron chi connectivity index (χ3n) is 4.38. The number of para-hydroxylation sites is 2. The zero-order valence-electron chi connectivity index (χ0n) is 18.4. The zero-order chi connectivity index (χ0) is 22.6. The second-order valence-electron chi connectivity index (χ2n) is 7.66. The van der Waals surface area contributed by atoms with E-state index in [1.54, 1.807) is 18.2 Å². The van der Waals surface area contributed by atoms with E-state index in [4.69, 9.17) is 21.7 Å². The number of hydrogen-bond acceptors (Lipinski definition) is 4. The molecule has 2 aromatic rings. The van der Waals surface area contributed by atoms with Gasteiger partial charge in [-0.1, -0.05) is 52.2 Å². The number of carbonyl (C=O) groups is 1. The molecule has 0 unspecified atom stereocenters. The van der Waals surface area contributed by atoms with Gasteiger partial charge in [-0.3, -0.25) is 10.1 Å². The van der Waals surface area contributed by atoms with Crippen LogP contribution in [0.5, 0.6) is 11.5 Å². The number of carbonyl (C=O) groups excluding carboxylic acids is 1. The molecule has 0 aliphatic rings. The zero-order valence-corrected chi connectivity index (χ0v) is 20.8. The van der Waals surface area contributed by atoms with E-state index >= 15 is 0 Å². The summed E-state index contributed by atoms with van der Waals surface area (Å²) in [6.45, 7) is 7.61. The number of thiocarbonyl (C=S) groups is 1. The fourth-order valence-corrected chi connectivity index (χ4v) is 3.45. The Labute approximate surface area is 199 Å². The Morgan fingerprint density at radius 2 is 1.84 bits per heavy atom. The summed E-state index contributed by atoms with van der Waals surface area (Å²) in [7, 11) is 0. The molecule has 1 amide bonds. The molecule has 0 bridgehead atoms. The number of amides is 1. The van der Waals surface area contributed by atoms with Crippen molar-refractivity contribution in [3.05, 3.63) is 52.5 Å². The Morgan fingerprint density at radius 1 is 1.06 bits per heavy atom. The second-order valence-corrected chi connectivity index (χ2v) is 8.93. The van der Waals surface area contributed by atoms with Crippen molar-refractivity contribution in [2.75, 3.05) is 18.5 Å². The SMILES string of the molecule is CCCCCCOc1ccc(C(=O)NC(=S)Nc2ccccc2OCC(C)C)cc1Br. The first kappa shape index (κ1) is 25.1. The molecular formula is C24H31BrN2O3S. The predicted molar refractivity (Wildman–Crippen MR) is 134 cm³/mol. The largest absolute Gasteiger partial charge is 0.492 e. The molecule has 2 N–H and O–H groups in total. The van der Waals surface area contributed by atoms with E-state index in [1.807, 2.05) is 24.3 Å². The predicted octanol–water partition coefficient (Wildman–Crippen LogP) is 6.57. The van der Waals surface area contributed by atoms with E-state index in [2.05, 4.69) is 47.3 Å². The van der Waals surface area contributed by atoms with Crippen LogP contribution < -0.4 is 20.1 Å². The number of anilines is 1. The van der Waals surface area contributed by atoms with Gasteiger partial charge < -0.3 is 14.8 Å². The van der Waals surface area contributed by atoms with Gasteiger partial charge in [-0.25, -0.2) is 0 Å². The van der Waals surface area contributed by atoms with Crippen LogP contribution in [0.1, 0.15) is 56.8 Å². The number of halogens is 1. The smallest absolute Gasteiger partial charge is 0.257 e. The minimum atomic E-state index is -0.298. The van der Waals surface area contributed by atoms with Crippen LogP contribution in [0.3, 0.4) is 0 Å². The van der Waals surface area contributed by atoms with Gasteiger partial charge in [0.15, 0.2) is 5.11 Å². The van der Waals surface area contributed by atoms with Gasteiger partial charge in [-0.15, -0.1) is 0 Å². The first-order chi connectivity index (χ1) is 14.9. The Hall–Kier alpha value is -2.12. The van der Waals surface area contributed by atoms with Gasteiger partial charge in [-0.05, 0) is 70.8 Å². The number of hydrogen-bond donors (Lipinski definition) is 2. The lowest BCUT2D eigenvalue weighted by Crippen LogP contribution is -2.34. The quantitative estimate of drug-likeness (QED) is 0.266. The van der Waals surface area contributed by atoms with E-state index in [1.165, 1.54) is 12.8 Å². The van der Waals surface area contributed by atoms with E-state index in [0.29, 0.717) is 36.1 Å². The topological polar surface area (TPSA) is 59.6 Å². The minimum Gasteiger partial charge on any atom is -0.492 e. The summed E-state index contributed by atoms with van der Waals surface area (Å²) in [5, 5.41) is 5.96. The Morgan fingerprint density at radius 3 is 2.55 bits per heavy atom. The normalized spacial score (nSPS) is 10.6. The molecule has 0 saturated carbocycles. The highest BCUT2D eigenvalue weighted by Crippen LogP contribution is 2.27. The number of ether oxygens (including phenoxy) is 2. The van der Waals surface area contributed by atoms with Crippen LogP contribution in [0.2, 0.25) is 0 Å². The first-order valence-electron chi connectivity index (χ1n) is 10.7. The van der Waals surface area contributed by atoms with Crippen LogP contribution in [0, 0.1) is 5.92 Å². The summed E-state index contributed by atoms with van der Waals surface area (Å²) >= 11 is 8.81. The maximum atomic E-state index is 12.6. The maximum Gasteiger partial charge on any atom is 0.257 e. The molecule has 0 heterocycles. The van der Waals surface area contributed by atoms with Crippen molar-refractivity contribution in [1.82, 2.24) is 5.32 Å². The van der Waals surface area contributed by atoms with Crippen molar-refractivity contribution in [2.24, 2.45) is 5.92 Å². The molecule has 2 rings (SSSR count). The molecule has 2 aromatic carbocycles. The van der Waals surface area contributed by atoms with Crippen LogP contribution in [-0.2, 0) is 0 Å². The molecule has 0 aromatic heterocycles. The average Bonchev–Trinajstić information content (AvgIpc) is 2.73. The Kier molecular flexibility index (Phi) is 10.8. The molecule has 5 nitrogen and oxygen atoms in total. The fourth-order valence-electron chi connectivity index (χ4n) is 2.75. The van der Waals surface area contributed by atoms with Crippen LogP contribution >= 0.6 is 28.1 Å². The number of nitrogens with one attached hydrogen (secondary N) is 2. The van der Waals surface area contributed by atoms with Gasteiger partial charge in [0.25, 0.3) is 5.91 Å². The van der Waals surface area contributed by atoms with Crippen molar-refractivity contribution in [3.63, 3.8) is 0 Å². The van der Waals surface area contributed by atoms with E-state index < -0.39 is 0 Å². The molecule has 0 spiro atoms. The lowest BCUT2D eigenvalue weighted by Gasteiger charge is -2.15. The van der Waals surface area contributed by atoms with Crippen molar-refractivity contribution in [3.8, 4) is 11.5 Å². The third-order valence-corrected chi connectivity index (χ3v) is 5.21.